The van der Waals surface area contributed by atoms with E-state index in [1.54, 1.807) is 0 Å². The highest BCUT2D eigenvalue weighted by Crippen LogP contribution is 2.59. The number of benzene rings is 1. The molecule has 1 saturated heterocycles. The number of amides is 1. The SMILES string of the molecule is Cc1nncn1-c1ccc(S(=O)(=O)C2CCN(C(=O)C3(C(F)(F)F)CC3)C2)c(C(F)(F)F)c1. The largest absolute Gasteiger partial charge is 0.417 e. The molecule has 2 heterocycles. The summed E-state index contributed by atoms with van der Waals surface area (Å²) in [5.41, 5.74) is -3.93. The van der Waals surface area contributed by atoms with Gasteiger partial charge in [0.25, 0.3) is 0 Å². The van der Waals surface area contributed by atoms with Gasteiger partial charge in [0.05, 0.1) is 15.7 Å². The van der Waals surface area contributed by atoms with E-state index in [1.165, 1.54) is 23.9 Å². The molecule has 4 rings (SSSR count). The van der Waals surface area contributed by atoms with Crippen LogP contribution in [0.15, 0.2) is 29.4 Å². The Morgan fingerprint density at radius 2 is 1.82 bits per heavy atom. The first-order chi connectivity index (χ1) is 15.2. The van der Waals surface area contributed by atoms with Crippen LogP contribution in [0.5, 0.6) is 0 Å². The molecule has 14 heteroatoms. The Balaban J connectivity index is 1.65. The van der Waals surface area contributed by atoms with Gasteiger partial charge in [0.15, 0.2) is 9.84 Å². The van der Waals surface area contributed by atoms with E-state index in [9.17, 15) is 39.6 Å². The van der Waals surface area contributed by atoms with Crippen molar-refractivity contribution >= 4 is 15.7 Å². The molecule has 1 amide bonds. The summed E-state index contributed by atoms with van der Waals surface area (Å²) in [6, 6.07) is 2.64. The van der Waals surface area contributed by atoms with Crippen LogP contribution in [0.3, 0.4) is 0 Å². The zero-order valence-electron chi connectivity index (χ0n) is 17.1. The van der Waals surface area contributed by atoms with Crippen LogP contribution in [0, 0.1) is 12.3 Å². The Kier molecular flexibility index (Phi) is 5.30. The third-order valence-electron chi connectivity index (χ3n) is 6.14. The van der Waals surface area contributed by atoms with Crippen molar-refractivity contribution in [3.05, 3.63) is 35.9 Å². The summed E-state index contributed by atoms with van der Waals surface area (Å²) in [6.07, 6.45) is -9.64. The fourth-order valence-electron chi connectivity index (χ4n) is 4.08. The van der Waals surface area contributed by atoms with Crippen LogP contribution in [0.25, 0.3) is 5.69 Å². The zero-order chi connectivity index (χ0) is 24.4. The Morgan fingerprint density at radius 3 is 2.33 bits per heavy atom. The Morgan fingerprint density at radius 1 is 1.15 bits per heavy atom. The van der Waals surface area contributed by atoms with Crippen molar-refractivity contribution in [2.24, 2.45) is 5.41 Å². The lowest BCUT2D eigenvalue weighted by Crippen LogP contribution is -2.43. The second kappa shape index (κ2) is 7.43. The molecule has 0 spiro atoms. The number of rotatable bonds is 4. The lowest BCUT2D eigenvalue weighted by molar-refractivity contribution is -0.197. The Bertz CT molecular complexity index is 1200. The number of aryl methyl sites for hydroxylation is 1. The van der Waals surface area contributed by atoms with E-state index < -0.39 is 55.8 Å². The van der Waals surface area contributed by atoms with Crippen molar-refractivity contribution in [2.45, 2.75) is 48.7 Å². The van der Waals surface area contributed by atoms with Gasteiger partial charge in [0, 0.05) is 18.8 Å². The van der Waals surface area contributed by atoms with Crippen LogP contribution < -0.4 is 0 Å². The molecule has 1 saturated carbocycles. The second-order valence-corrected chi connectivity index (χ2v) is 10.4. The molecule has 180 valence electrons. The summed E-state index contributed by atoms with van der Waals surface area (Å²) in [5, 5.41) is 5.82. The number of aromatic nitrogens is 3. The number of carbonyl (C=O) groups is 1. The Labute approximate surface area is 184 Å². The average molecular weight is 496 g/mol. The standard InChI is InChI=1S/C19H18F6N4O3S/c1-11-27-26-10-29(11)12-2-3-15(14(8-12)18(20,21)22)33(31,32)13-4-7-28(9-13)16(30)17(5-6-17)19(23,24)25/h2-3,8,10,13H,4-7,9H2,1H3. The number of carbonyl (C=O) groups excluding carboxylic acids is 1. The summed E-state index contributed by atoms with van der Waals surface area (Å²) in [6.45, 7) is 0.630. The summed E-state index contributed by atoms with van der Waals surface area (Å²) in [5.74, 6) is -0.940. The van der Waals surface area contributed by atoms with Gasteiger partial charge in [0.2, 0.25) is 5.91 Å². The van der Waals surface area contributed by atoms with Gasteiger partial charge in [0.1, 0.15) is 17.6 Å². The summed E-state index contributed by atoms with van der Waals surface area (Å²) in [4.78, 5) is 12.2. The van der Waals surface area contributed by atoms with Crippen molar-refractivity contribution < 1.29 is 39.6 Å². The first kappa shape index (κ1) is 23.5. The minimum atomic E-state index is -5.03. The third-order valence-corrected chi connectivity index (χ3v) is 8.38. The molecule has 2 fully saturated rings. The highest BCUT2D eigenvalue weighted by atomic mass is 32.2. The first-order valence-electron chi connectivity index (χ1n) is 9.87. The van der Waals surface area contributed by atoms with Crippen LogP contribution >= 0.6 is 0 Å². The molecular formula is C19H18F6N4O3S. The summed E-state index contributed by atoms with van der Waals surface area (Å²) >= 11 is 0. The van der Waals surface area contributed by atoms with Crippen LogP contribution in [-0.2, 0) is 20.8 Å². The third kappa shape index (κ3) is 3.87. The number of hydrogen-bond donors (Lipinski definition) is 0. The molecular weight excluding hydrogens is 478 g/mol. The van der Waals surface area contributed by atoms with E-state index in [2.05, 4.69) is 10.2 Å². The van der Waals surface area contributed by atoms with Crippen molar-refractivity contribution in [1.82, 2.24) is 19.7 Å². The monoisotopic (exact) mass is 496 g/mol. The molecule has 33 heavy (non-hydrogen) atoms. The van der Waals surface area contributed by atoms with Crippen LogP contribution in [0.1, 0.15) is 30.7 Å². The van der Waals surface area contributed by atoms with Gasteiger partial charge in [-0.1, -0.05) is 0 Å². The molecule has 0 bridgehead atoms. The molecule has 0 N–H and O–H groups in total. The van der Waals surface area contributed by atoms with Crippen LogP contribution in [-0.4, -0.2) is 58.5 Å². The van der Waals surface area contributed by atoms with Gasteiger partial charge in [-0.05, 0) is 44.4 Å². The molecule has 2 aliphatic rings. The van der Waals surface area contributed by atoms with Crippen LogP contribution in [0.4, 0.5) is 26.3 Å². The lowest BCUT2D eigenvalue weighted by Gasteiger charge is -2.25. The first-order valence-corrected chi connectivity index (χ1v) is 11.4. The lowest BCUT2D eigenvalue weighted by atomic mass is 10.1. The number of sulfone groups is 1. The van der Waals surface area contributed by atoms with E-state index in [0.29, 0.717) is 6.07 Å². The topological polar surface area (TPSA) is 85.2 Å². The predicted octanol–water partition coefficient (Wildman–Crippen LogP) is 3.31. The van der Waals surface area contributed by atoms with Gasteiger partial charge in [-0.15, -0.1) is 10.2 Å². The van der Waals surface area contributed by atoms with Crippen molar-refractivity contribution in [2.75, 3.05) is 13.1 Å². The minimum absolute atomic E-state index is 0.00662. The van der Waals surface area contributed by atoms with E-state index in [-0.39, 0.29) is 37.3 Å². The number of halogens is 6. The smallest absolute Gasteiger partial charge is 0.341 e. The normalized spacial score (nSPS) is 20.8. The molecule has 1 aromatic carbocycles. The molecule has 1 unspecified atom stereocenters. The highest BCUT2D eigenvalue weighted by molar-refractivity contribution is 7.92. The van der Waals surface area contributed by atoms with Crippen molar-refractivity contribution in [1.29, 1.82) is 0 Å². The summed E-state index contributed by atoms with van der Waals surface area (Å²) in [7, 11) is -4.61. The maximum absolute atomic E-state index is 13.8. The van der Waals surface area contributed by atoms with Gasteiger partial charge < -0.3 is 4.90 Å². The molecule has 1 atom stereocenters. The number of nitrogens with zero attached hydrogens (tertiary/aromatic N) is 4. The fourth-order valence-corrected chi connectivity index (χ4v) is 5.97. The van der Waals surface area contributed by atoms with Crippen LogP contribution in [0.2, 0.25) is 0 Å². The van der Waals surface area contributed by atoms with Gasteiger partial charge in [-0.25, -0.2) is 8.42 Å². The zero-order valence-corrected chi connectivity index (χ0v) is 17.9. The van der Waals surface area contributed by atoms with E-state index in [1.807, 2.05) is 0 Å². The number of hydrogen-bond acceptors (Lipinski definition) is 5. The molecule has 7 nitrogen and oxygen atoms in total. The van der Waals surface area contributed by atoms with Gasteiger partial charge >= 0.3 is 12.4 Å². The molecule has 1 aliphatic carbocycles. The minimum Gasteiger partial charge on any atom is -0.341 e. The maximum Gasteiger partial charge on any atom is 0.417 e. The Hall–Kier alpha value is -2.64. The molecule has 0 radical (unpaired) electrons. The fraction of sp³-hybridized carbons (Fsp3) is 0.526. The predicted molar refractivity (Wildman–Crippen MR) is 101 cm³/mol. The average Bonchev–Trinajstić information content (AvgIpc) is 3.20. The van der Waals surface area contributed by atoms with Gasteiger partial charge in [-0.2, -0.15) is 26.3 Å². The number of alkyl halides is 6. The maximum atomic E-state index is 13.8. The second-order valence-electron chi connectivity index (χ2n) is 8.21. The van der Waals surface area contributed by atoms with Crippen molar-refractivity contribution in [3.8, 4) is 5.69 Å². The van der Waals surface area contributed by atoms with Gasteiger partial charge in [-0.3, -0.25) is 9.36 Å². The molecule has 1 aromatic heterocycles. The number of likely N-dealkylation sites (tertiary alicyclic amines) is 1. The molecule has 2 aromatic rings. The quantitative estimate of drug-likeness (QED) is 0.607. The summed E-state index contributed by atoms with van der Waals surface area (Å²) < 4.78 is 109. The molecule has 1 aliphatic heterocycles. The van der Waals surface area contributed by atoms with Crippen molar-refractivity contribution in [3.63, 3.8) is 0 Å². The van der Waals surface area contributed by atoms with E-state index in [4.69, 9.17) is 0 Å². The highest BCUT2D eigenvalue weighted by Gasteiger charge is 2.69. The van der Waals surface area contributed by atoms with E-state index in [0.717, 1.165) is 11.0 Å². The van der Waals surface area contributed by atoms with E-state index >= 15 is 0 Å².